The van der Waals surface area contributed by atoms with E-state index < -0.39 is 0 Å². The molecular weight excluding hydrogens is 846 g/mol. The molecule has 0 atom stereocenters. The molecule has 9 aromatic rings. The first-order valence-electron chi connectivity index (χ1n) is 25.1. The third-order valence-corrected chi connectivity index (χ3v) is 15.3. The van der Waals surface area contributed by atoms with Crippen LogP contribution in [0.4, 0.5) is 51.2 Å². The number of fused-ring (bicyclic) bond motifs is 7. The van der Waals surface area contributed by atoms with Gasteiger partial charge >= 0.3 is 0 Å². The Kier molecular flexibility index (Phi) is 9.99. The number of nitrogens with zero attached hydrogens (tertiary/aromatic N) is 3. The summed E-state index contributed by atoms with van der Waals surface area (Å²) in [6.07, 6.45) is 0. The number of rotatable bonds is 6. The maximum Gasteiger partial charge on any atom is 0.252 e. The van der Waals surface area contributed by atoms with Gasteiger partial charge in [-0.15, -0.1) is 0 Å². The Balaban J connectivity index is 1.19. The van der Waals surface area contributed by atoms with Crippen molar-refractivity contribution in [2.45, 2.75) is 78.6 Å². The van der Waals surface area contributed by atoms with Crippen LogP contribution in [0.5, 0.6) is 0 Å². The highest BCUT2D eigenvalue weighted by molar-refractivity contribution is 7.00. The number of aryl methyl sites for hydroxylation is 1. The summed E-state index contributed by atoms with van der Waals surface area (Å²) in [5.74, 6) is 0. The highest BCUT2D eigenvalue weighted by Crippen LogP contribution is 2.56. The van der Waals surface area contributed by atoms with Gasteiger partial charge in [-0.25, -0.2) is 0 Å². The minimum absolute atomic E-state index is 0.0277. The molecule has 2 aliphatic heterocycles. The molecular formula is C66H60BN3. The van der Waals surface area contributed by atoms with E-state index in [4.69, 9.17) is 0 Å². The van der Waals surface area contributed by atoms with Gasteiger partial charge in [0.1, 0.15) is 0 Å². The lowest BCUT2D eigenvalue weighted by molar-refractivity contribution is 0.590. The van der Waals surface area contributed by atoms with Gasteiger partial charge in [0.15, 0.2) is 0 Å². The van der Waals surface area contributed by atoms with Crippen LogP contribution in [0.15, 0.2) is 200 Å². The molecule has 0 spiro atoms. The van der Waals surface area contributed by atoms with E-state index in [9.17, 15) is 0 Å². The lowest BCUT2D eigenvalue weighted by atomic mass is 9.33. The molecule has 0 bridgehead atoms. The molecule has 12 rings (SSSR count). The number of hydrogen-bond donors (Lipinski definition) is 0. The van der Waals surface area contributed by atoms with Crippen molar-refractivity contribution in [1.29, 1.82) is 0 Å². The van der Waals surface area contributed by atoms with Crippen LogP contribution in [-0.2, 0) is 16.2 Å². The summed E-state index contributed by atoms with van der Waals surface area (Å²) >= 11 is 0. The molecule has 0 saturated heterocycles. The van der Waals surface area contributed by atoms with Crippen LogP contribution in [0.3, 0.4) is 0 Å². The van der Waals surface area contributed by atoms with Crippen molar-refractivity contribution >= 4 is 74.3 Å². The van der Waals surface area contributed by atoms with Crippen molar-refractivity contribution in [2.24, 2.45) is 0 Å². The average Bonchev–Trinajstić information content (AvgIpc) is 3.60. The molecule has 1 aliphatic carbocycles. The number of benzene rings is 9. The van der Waals surface area contributed by atoms with Crippen molar-refractivity contribution in [2.75, 3.05) is 14.7 Å². The predicted molar refractivity (Wildman–Crippen MR) is 300 cm³/mol. The summed E-state index contributed by atoms with van der Waals surface area (Å²) in [6, 6.07) is 75.5. The zero-order valence-electron chi connectivity index (χ0n) is 42.0. The molecule has 0 radical (unpaired) electrons. The Labute approximate surface area is 415 Å². The van der Waals surface area contributed by atoms with Crippen LogP contribution in [0.2, 0.25) is 0 Å². The van der Waals surface area contributed by atoms with Gasteiger partial charge in [-0.2, -0.15) is 0 Å². The van der Waals surface area contributed by atoms with Gasteiger partial charge in [-0.05, 0) is 151 Å². The maximum absolute atomic E-state index is 2.65. The molecule has 0 unspecified atom stereocenters. The molecule has 2 heterocycles. The normalized spacial score (nSPS) is 14.1. The SMILES string of the molecule is Cc1cc2c3c(c1)N(c1cccc4c1C(C)(C)c1ccccc1-4)c1cc(N(c4ccccc4)c4ccccc4)ccc1B3c1cc(C(C)(C)C)ccc1N2c1ccc(C(C)(C)C)cc1-c1ccccc1. The quantitative estimate of drug-likeness (QED) is 0.154. The van der Waals surface area contributed by atoms with Gasteiger partial charge in [0.2, 0.25) is 0 Å². The smallest absolute Gasteiger partial charge is 0.252 e. The van der Waals surface area contributed by atoms with Crippen LogP contribution < -0.4 is 31.1 Å². The second-order valence-electron chi connectivity index (χ2n) is 22.3. The molecule has 70 heavy (non-hydrogen) atoms. The van der Waals surface area contributed by atoms with Gasteiger partial charge in [0, 0.05) is 50.8 Å². The van der Waals surface area contributed by atoms with E-state index >= 15 is 0 Å². The second kappa shape index (κ2) is 16.0. The van der Waals surface area contributed by atoms with Crippen LogP contribution in [0, 0.1) is 6.92 Å². The van der Waals surface area contributed by atoms with Crippen molar-refractivity contribution in [1.82, 2.24) is 0 Å². The highest BCUT2D eigenvalue weighted by atomic mass is 15.2. The molecule has 9 aromatic carbocycles. The average molecular weight is 906 g/mol. The third-order valence-electron chi connectivity index (χ3n) is 15.3. The van der Waals surface area contributed by atoms with E-state index in [1.807, 2.05) is 0 Å². The lowest BCUT2D eigenvalue weighted by Gasteiger charge is -2.46. The fourth-order valence-electron chi connectivity index (χ4n) is 11.9. The zero-order chi connectivity index (χ0) is 48.3. The van der Waals surface area contributed by atoms with E-state index in [0.717, 1.165) is 17.1 Å². The molecule has 4 heteroatoms. The molecule has 0 saturated carbocycles. The van der Waals surface area contributed by atoms with Crippen molar-refractivity contribution < 1.29 is 0 Å². The molecule has 0 fully saturated rings. The van der Waals surface area contributed by atoms with E-state index in [-0.39, 0.29) is 23.0 Å². The van der Waals surface area contributed by atoms with Gasteiger partial charge in [-0.3, -0.25) is 0 Å². The first kappa shape index (κ1) is 43.7. The Morgan fingerprint density at radius 3 is 1.61 bits per heavy atom. The summed E-state index contributed by atoms with van der Waals surface area (Å²) in [5, 5.41) is 0. The Morgan fingerprint density at radius 2 is 0.971 bits per heavy atom. The Morgan fingerprint density at radius 1 is 0.414 bits per heavy atom. The number of anilines is 9. The third kappa shape index (κ3) is 6.86. The van der Waals surface area contributed by atoms with E-state index in [0.29, 0.717) is 0 Å². The van der Waals surface area contributed by atoms with Gasteiger partial charge < -0.3 is 14.7 Å². The molecule has 0 N–H and O–H groups in total. The first-order valence-corrected chi connectivity index (χ1v) is 25.1. The topological polar surface area (TPSA) is 9.72 Å². The fraction of sp³-hybridized carbons (Fsp3) is 0.182. The molecule has 0 amide bonds. The predicted octanol–water partition coefficient (Wildman–Crippen LogP) is 16.1. The van der Waals surface area contributed by atoms with Crippen LogP contribution in [-0.4, -0.2) is 6.71 Å². The monoisotopic (exact) mass is 905 g/mol. The van der Waals surface area contributed by atoms with Gasteiger partial charge in [-0.1, -0.05) is 183 Å². The van der Waals surface area contributed by atoms with Crippen LogP contribution >= 0.6 is 0 Å². The minimum atomic E-state index is -0.249. The summed E-state index contributed by atoms with van der Waals surface area (Å²) in [5.41, 5.74) is 25.9. The Hall–Kier alpha value is -7.56. The second-order valence-corrected chi connectivity index (χ2v) is 22.3. The van der Waals surface area contributed by atoms with Crippen LogP contribution in [0.25, 0.3) is 22.3 Å². The molecule has 3 nitrogen and oxygen atoms in total. The van der Waals surface area contributed by atoms with Gasteiger partial charge in [0.25, 0.3) is 6.71 Å². The summed E-state index contributed by atoms with van der Waals surface area (Å²) in [4.78, 5) is 7.67. The van der Waals surface area contributed by atoms with Crippen molar-refractivity contribution in [3.63, 3.8) is 0 Å². The van der Waals surface area contributed by atoms with E-state index in [1.54, 1.807) is 0 Å². The van der Waals surface area contributed by atoms with E-state index in [1.165, 1.54) is 101 Å². The maximum atomic E-state index is 2.65. The molecule has 3 aliphatic rings. The zero-order valence-corrected chi connectivity index (χ0v) is 42.0. The van der Waals surface area contributed by atoms with Crippen molar-refractivity contribution in [3.05, 3.63) is 228 Å². The molecule has 0 aromatic heterocycles. The summed E-state index contributed by atoms with van der Waals surface area (Å²) < 4.78 is 0. The standard InChI is InChI=1S/C66H60BN3/c1-43-38-60-63-61(39-43)70(58-31-21-29-51-50-28-19-20-30-53(50)66(8,9)62(51)58)59-42-49(68(47-24-15-11-16-25-47)48-26-17-12-18-27-48)34-35-54(59)67(63)55-41-46(65(5,6)7)33-37-57(55)69(60)56-36-32-45(64(2,3)4)40-52(56)44-22-13-10-14-23-44/h10-42H,1-9H3. The van der Waals surface area contributed by atoms with E-state index in [2.05, 4.69) is 277 Å². The number of hydrogen-bond acceptors (Lipinski definition) is 3. The Bertz CT molecular complexity index is 3470. The summed E-state index contributed by atoms with van der Waals surface area (Å²) in [6.45, 7) is 21.1. The fourth-order valence-corrected chi connectivity index (χ4v) is 11.9. The largest absolute Gasteiger partial charge is 0.311 e. The highest BCUT2D eigenvalue weighted by Gasteiger charge is 2.47. The summed E-state index contributed by atoms with van der Waals surface area (Å²) in [7, 11) is 0. The van der Waals surface area contributed by atoms with Crippen molar-refractivity contribution in [3.8, 4) is 22.3 Å². The molecule has 342 valence electrons. The minimum Gasteiger partial charge on any atom is -0.311 e. The number of para-hydroxylation sites is 2. The van der Waals surface area contributed by atoms with Gasteiger partial charge in [0.05, 0.1) is 11.4 Å². The first-order chi connectivity index (χ1) is 33.7. The van der Waals surface area contributed by atoms with Crippen LogP contribution in [0.1, 0.15) is 83.2 Å². The lowest BCUT2D eigenvalue weighted by Crippen LogP contribution is -2.61.